The van der Waals surface area contributed by atoms with E-state index >= 15 is 0 Å². The predicted molar refractivity (Wildman–Crippen MR) is 94.2 cm³/mol. The summed E-state index contributed by atoms with van der Waals surface area (Å²) in [4.78, 5) is 29.6. The smallest absolute Gasteiger partial charge is 0.317 e. The molecule has 0 saturated carbocycles. The Labute approximate surface area is 144 Å². The molecule has 3 aromatic rings. The Morgan fingerprint density at radius 3 is 2.80 bits per heavy atom. The SMILES string of the molecule is CN(C)C(=O)NCc1cc(C(=O)Nc2n[nH]c3ccccc23)ccn1. The molecule has 8 nitrogen and oxygen atoms in total. The van der Waals surface area contributed by atoms with Crippen molar-refractivity contribution in [2.24, 2.45) is 0 Å². The highest BCUT2D eigenvalue weighted by Gasteiger charge is 2.12. The van der Waals surface area contributed by atoms with E-state index in [0.717, 1.165) is 10.9 Å². The molecular weight excluding hydrogens is 320 g/mol. The molecule has 3 amide bonds. The molecule has 8 heteroatoms. The van der Waals surface area contributed by atoms with Crippen molar-refractivity contribution < 1.29 is 9.59 Å². The summed E-state index contributed by atoms with van der Waals surface area (Å²) in [6, 6.07) is 10.6. The maximum absolute atomic E-state index is 12.5. The van der Waals surface area contributed by atoms with E-state index in [0.29, 0.717) is 17.1 Å². The molecule has 0 aliphatic carbocycles. The largest absolute Gasteiger partial charge is 0.332 e. The van der Waals surface area contributed by atoms with Gasteiger partial charge in [0.15, 0.2) is 5.82 Å². The van der Waals surface area contributed by atoms with Crippen LogP contribution in [0.1, 0.15) is 16.1 Å². The van der Waals surface area contributed by atoms with E-state index < -0.39 is 0 Å². The third-order valence-electron chi connectivity index (χ3n) is 3.61. The molecule has 3 N–H and O–H groups in total. The molecule has 0 atom stereocenters. The Kier molecular flexibility index (Phi) is 4.60. The molecule has 0 saturated heterocycles. The first-order chi connectivity index (χ1) is 12.0. The number of benzene rings is 1. The Morgan fingerprint density at radius 1 is 1.20 bits per heavy atom. The number of rotatable bonds is 4. The number of H-pyrrole nitrogens is 1. The highest BCUT2D eigenvalue weighted by molar-refractivity contribution is 6.07. The maximum atomic E-state index is 12.5. The number of fused-ring (bicyclic) bond motifs is 1. The second-order valence-electron chi connectivity index (χ2n) is 5.66. The lowest BCUT2D eigenvalue weighted by Gasteiger charge is -2.11. The minimum Gasteiger partial charge on any atom is -0.332 e. The number of aromatic amines is 1. The Bertz CT molecular complexity index is 918. The number of hydrogen-bond donors (Lipinski definition) is 3. The second-order valence-corrected chi connectivity index (χ2v) is 5.66. The van der Waals surface area contributed by atoms with Crippen LogP contribution in [-0.2, 0) is 6.54 Å². The van der Waals surface area contributed by atoms with Crippen molar-refractivity contribution in [2.45, 2.75) is 6.54 Å². The number of carbonyl (C=O) groups excluding carboxylic acids is 2. The van der Waals surface area contributed by atoms with Gasteiger partial charge in [0.1, 0.15) is 0 Å². The van der Waals surface area contributed by atoms with Crippen LogP contribution >= 0.6 is 0 Å². The third-order valence-corrected chi connectivity index (χ3v) is 3.61. The second kappa shape index (κ2) is 7.00. The van der Waals surface area contributed by atoms with E-state index in [4.69, 9.17) is 0 Å². The van der Waals surface area contributed by atoms with Crippen molar-refractivity contribution in [1.82, 2.24) is 25.4 Å². The molecule has 0 aliphatic rings. The zero-order valence-corrected chi connectivity index (χ0v) is 13.9. The lowest BCUT2D eigenvalue weighted by atomic mass is 10.2. The molecule has 3 rings (SSSR count). The van der Waals surface area contributed by atoms with Crippen molar-refractivity contribution >= 4 is 28.7 Å². The van der Waals surface area contributed by atoms with Gasteiger partial charge >= 0.3 is 6.03 Å². The number of anilines is 1. The van der Waals surface area contributed by atoms with Gasteiger partial charge < -0.3 is 15.5 Å². The average molecular weight is 338 g/mol. The molecule has 0 bridgehead atoms. The fraction of sp³-hybridized carbons (Fsp3) is 0.176. The molecule has 2 aromatic heterocycles. The van der Waals surface area contributed by atoms with Crippen molar-refractivity contribution in [2.75, 3.05) is 19.4 Å². The van der Waals surface area contributed by atoms with Gasteiger partial charge in [-0.2, -0.15) is 5.10 Å². The fourth-order valence-corrected chi connectivity index (χ4v) is 2.28. The lowest BCUT2D eigenvalue weighted by molar-refractivity contribution is 0.102. The van der Waals surface area contributed by atoms with E-state index in [2.05, 4.69) is 25.8 Å². The van der Waals surface area contributed by atoms with E-state index in [9.17, 15) is 9.59 Å². The topological polar surface area (TPSA) is 103 Å². The molecule has 1 aromatic carbocycles. The van der Waals surface area contributed by atoms with Gasteiger partial charge in [-0.1, -0.05) is 12.1 Å². The molecule has 0 unspecified atom stereocenters. The molecule has 0 spiro atoms. The highest BCUT2D eigenvalue weighted by Crippen LogP contribution is 2.20. The van der Waals surface area contributed by atoms with Gasteiger partial charge in [-0.05, 0) is 24.3 Å². The number of pyridine rings is 1. The predicted octanol–water partition coefficient (Wildman–Crippen LogP) is 1.98. The van der Waals surface area contributed by atoms with Crippen LogP contribution in [-0.4, -0.2) is 46.1 Å². The number of nitrogens with one attached hydrogen (secondary N) is 3. The number of nitrogens with zero attached hydrogens (tertiary/aromatic N) is 3. The number of amides is 3. The van der Waals surface area contributed by atoms with Crippen LogP contribution in [0.25, 0.3) is 10.9 Å². The van der Waals surface area contributed by atoms with Gasteiger partial charge in [-0.15, -0.1) is 0 Å². The molecule has 2 heterocycles. The van der Waals surface area contributed by atoms with Gasteiger partial charge in [0.05, 0.1) is 17.8 Å². The summed E-state index contributed by atoms with van der Waals surface area (Å²) in [5.74, 6) is 0.180. The third kappa shape index (κ3) is 3.74. The number of para-hydroxylation sites is 1. The monoisotopic (exact) mass is 338 g/mol. The number of urea groups is 1. The molecule has 25 heavy (non-hydrogen) atoms. The van der Waals surface area contributed by atoms with Crippen LogP contribution in [0.3, 0.4) is 0 Å². The molecule has 0 fully saturated rings. The Hall–Kier alpha value is -3.42. The lowest BCUT2D eigenvalue weighted by Crippen LogP contribution is -2.34. The number of aromatic nitrogens is 3. The van der Waals surface area contributed by atoms with Gasteiger partial charge in [-0.3, -0.25) is 14.9 Å². The van der Waals surface area contributed by atoms with Crippen LogP contribution in [0, 0.1) is 0 Å². The summed E-state index contributed by atoms with van der Waals surface area (Å²) in [5.41, 5.74) is 1.88. The van der Waals surface area contributed by atoms with E-state index in [1.165, 1.54) is 11.1 Å². The minimum absolute atomic E-state index is 0.223. The first-order valence-electron chi connectivity index (χ1n) is 7.69. The van der Waals surface area contributed by atoms with Crippen LogP contribution in [0.5, 0.6) is 0 Å². The standard InChI is InChI=1S/C17H18N6O2/c1-23(2)17(25)19-10-12-9-11(7-8-18-12)16(24)20-15-13-5-3-4-6-14(13)21-22-15/h3-9H,10H2,1-2H3,(H,19,25)(H2,20,21,22,24). The zero-order valence-electron chi connectivity index (χ0n) is 13.9. The normalized spacial score (nSPS) is 10.5. The highest BCUT2D eigenvalue weighted by atomic mass is 16.2. The van der Waals surface area contributed by atoms with Crippen LogP contribution in [0.15, 0.2) is 42.6 Å². The summed E-state index contributed by atoms with van der Waals surface area (Å²) < 4.78 is 0. The van der Waals surface area contributed by atoms with Crippen molar-refractivity contribution in [3.8, 4) is 0 Å². The number of carbonyl (C=O) groups is 2. The summed E-state index contributed by atoms with van der Waals surface area (Å²) in [7, 11) is 3.31. The van der Waals surface area contributed by atoms with E-state index in [-0.39, 0.29) is 18.5 Å². The molecule has 0 radical (unpaired) electrons. The Morgan fingerprint density at radius 2 is 2.00 bits per heavy atom. The van der Waals surface area contributed by atoms with Gasteiger partial charge in [0, 0.05) is 31.2 Å². The average Bonchev–Trinajstić information content (AvgIpc) is 3.03. The maximum Gasteiger partial charge on any atom is 0.317 e. The van der Waals surface area contributed by atoms with E-state index in [1.54, 1.807) is 26.2 Å². The summed E-state index contributed by atoms with van der Waals surface area (Å²) in [6.45, 7) is 0.240. The summed E-state index contributed by atoms with van der Waals surface area (Å²) in [6.07, 6.45) is 1.54. The van der Waals surface area contributed by atoms with Crippen LogP contribution < -0.4 is 10.6 Å². The first-order valence-corrected chi connectivity index (χ1v) is 7.69. The molecular formula is C17H18N6O2. The van der Waals surface area contributed by atoms with E-state index in [1.807, 2.05) is 24.3 Å². The molecule has 0 aliphatic heterocycles. The van der Waals surface area contributed by atoms with Gasteiger partial charge in [-0.25, -0.2) is 4.79 Å². The van der Waals surface area contributed by atoms with Crippen LogP contribution in [0.2, 0.25) is 0 Å². The fourth-order valence-electron chi connectivity index (χ4n) is 2.28. The van der Waals surface area contributed by atoms with Crippen molar-refractivity contribution in [1.29, 1.82) is 0 Å². The Balaban J connectivity index is 1.72. The summed E-state index contributed by atoms with van der Waals surface area (Å²) in [5, 5.41) is 13.3. The van der Waals surface area contributed by atoms with Crippen molar-refractivity contribution in [3.05, 3.63) is 53.9 Å². The number of hydrogen-bond acceptors (Lipinski definition) is 4. The van der Waals surface area contributed by atoms with Crippen molar-refractivity contribution in [3.63, 3.8) is 0 Å². The quantitative estimate of drug-likeness (QED) is 0.677. The summed E-state index contributed by atoms with van der Waals surface area (Å²) >= 11 is 0. The van der Waals surface area contributed by atoms with Gasteiger partial charge in [0.2, 0.25) is 0 Å². The molecule has 128 valence electrons. The zero-order chi connectivity index (χ0) is 17.8. The first kappa shape index (κ1) is 16.4. The minimum atomic E-state index is -0.292. The van der Waals surface area contributed by atoms with Crippen LogP contribution in [0.4, 0.5) is 10.6 Å². The van der Waals surface area contributed by atoms with Gasteiger partial charge in [0.25, 0.3) is 5.91 Å².